The van der Waals surface area contributed by atoms with Gasteiger partial charge in [-0.2, -0.15) is 0 Å². The maximum atomic E-state index is 2.45. The van der Waals surface area contributed by atoms with Gasteiger partial charge in [0, 0.05) is 39.2 Å². The van der Waals surface area contributed by atoms with Gasteiger partial charge in [0.1, 0.15) is 0 Å². The third kappa shape index (κ3) is 6.41. The Hall–Kier alpha value is -7.62. The van der Waals surface area contributed by atoms with Crippen LogP contribution in [0.4, 0.5) is 34.1 Å². The van der Waals surface area contributed by atoms with Crippen molar-refractivity contribution >= 4 is 55.9 Å². The van der Waals surface area contributed by atoms with E-state index < -0.39 is 0 Å². The van der Waals surface area contributed by atoms with Gasteiger partial charge in [-0.15, -0.1) is 0 Å². The molecule has 0 saturated heterocycles. The van der Waals surface area contributed by atoms with Crippen molar-refractivity contribution in [3.05, 3.63) is 237 Å². The van der Waals surface area contributed by atoms with Crippen LogP contribution < -0.4 is 9.80 Å². The van der Waals surface area contributed by atoms with Gasteiger partial charge in [0.25, 0.3) is 0 Å². The molecule has 0 bridgehead atoms. The van der Waals surface area contributed by atoms with Crippen LogP contribution in [0.5, 0.6) is 0 Å². The van der Waals surface area contributed by atoms with Gasteiger partial charge < -0.3 is 14.4 Å². The number of para-hydroxylation sites is 4. The van der Waals surface area contributed by atoms with Gasteiger partial charge in [-0.3, -0.25) is 0 Å². The van der Waals surface area contributed by atoms with E-state index in [9.17, 15) is 0 Å². The lowest BCUT2D eigenvalue weighted by Crippen LogP contribution is -2.14. The van der Waals surface area contributed by atoms with E-state index in [2.05, 4.69) is 251 Å². The smallest absolute Gasteiger partial charge is 0.0583 e. The summed E-state index contributed by atoms with van der Waals surface area (Å²) in [5.74, 6) is 0. The molecule has 0 spiro atoms. The zero-order valence-corrected chi connectivity index (χ0v) is 31.4. The van der Waals surface area contributed by atoms with Crippen LogP contribution >= 0.6 is 0 Å². The first-order chi connectivity index (χ1) is 28.3. The van der Waals surface area contributed by atoms with Crippen molar-refractivity contribution in [3.63, 3.8) is 0 Å². The Kier molecular flexibility index (Phi) is 8.86. The summed E-state index contributed by atoms with van der Waals surface area (Å²) in [5.41, 5.74) is 14.5. The van der Waals surface area contributed by atoms with E-state index in [1.165, 1.54) is 27.5 Å². The van der Waals surface area contributed by atoms with Gasteiger partial charge in [-0.25, -0.2) is 0 Å². The number of fused-ring (bicyclic) bond motifs is 3. The van der Waals surface area contributed by atoms with Gasteiger partial charge >= 0.3 is 0 Å². The van der Waals surface area contributed by atoms with Crippen LogP contribution in [0.25, 0.3) is 49.7 Å². The second kappa shape index (κ2) is 14.9. The molecule has 1 heterocycles. The van der Waals surface area contributed by atoms with E-state index in [1.54, 1.807) is 0 Å². The van der Waals surface area contributed by atoms with Gasteiger partial charge in [0.15, 0.2) is 0 Å². The molecule has 3 nitrogen and oxygen atoms in total. The fraction of sp³-hybridized carbons (Fsp3) is 0. The number of nitrogens with zero attached hydrogens (tertiary/aromatic N) is 3. The molecule has 1 aromatic heterocycles. The topological polar surface area (TPSA) is 11.4 Å². The number of benzene rings is 9. The maximum Gasteiger partial charge on any atom is 0.0583 e. The van der Waals surface area contributed by atoms with Crippen molar-refractivity contribution in [2.45, 2.75) is 0 Å². The van der Waals surface area contributed by atoms with Gasteiger partial charge in [-0.05, 0) is 101 Å². The largest absolute Gasteiger partial charge is 0.310 e. The van der Waals surface area contributed by atoms with E-state index >= 15 is 0 Å². The Morgan fingerprint density at radius 1 is 0.281 bits per heavy atom. The van der Waals surface area contributed by atoms with Crippen molar-refractivity contribution < 1.29 is 0 Å². The van der Waals surface area contributed by atoms with E-state index in [-0.39, 0.29) is 0 Å². The maximum absolute atomic E-state index is 2.45. The number of rotatable bonds is 9. The minimum absolute atomic E-state index is 1.05. The highest BCUT2D eigenvalue weighted by Crippen LogP contribution is 2.48. The summed E-state index contributed by atoms with van der Waals surface area (Å²) in [6.07, 6.45) is 0. The molecule has 9 aromatic carbocycles. The van der Waals surface area contributed by atoms with Crippen LogP contribution in [0.3, 0.4) is 0 Å². The van der Waals surface area contributed by atoms with E-state index in [1.807, 2.05) is 0 Å². The molecule has 0 N–H and O–H groups in total. The Bertz CT molecular complexity index is 2900. The van der Waals surface area contributed by atoms with Crippen molar-refractivity contribution in [3.8, 4) is 27.9 Å². The molecule has 0 aliphatic carbocycles. The highest BCUT2D eigenvalue weighted by Gasteiger charge is 2.25. The summed E-state index contributed by atoms with van der Waals surface area (Å²) in [7, 11) is 0. The molecule has 0 radical (unpaired) electrons. The van der Waals surface area contributed by atoms with Crippen molar-refractivity contribution in [2.75, 3.05) is 9.80 Å². The van der Waals surface area contributed by atoms with Gasteiger partial charge in [-0.1, -0.05) is 158 Å². The van der Waals surface area contributed by atoms with Gasteiger partial charge in [0.05, 0.1) is 22.4 Å². The first-order valence-electron chi connectivity index (χ1n) is 19.4. The average Bonchev–Trinajstić information content (AvgIpc) is 3.63. The lowest BCUT2D eigenvalue weighted by Gasteiger charge is -2.30. The normalized spacial score (nSPS) is 11.2. The summed E-state index contributed by atoms with van der Waals surface area (Å²) in [4.78, 5) is 4.80. The molecule has 0 saturated carbocycles. The Morgan fingerprint density at radius 3 is 1.33 bits per heavy atom. The highest BCUT2D eigenvalue weighted by molar-refractivity contribution is 6.18. The monoisotopic (exact) mass is 729 g/mol. The zero-order chi connectivity index (χ0) is 38.0. The predicted molar refractivity (Wildman–Crippen MR) is 241 cm³/mol. The number of hydrogen-bond acceptors (Lipinski definition) is 2. The highest BCUT2D eigenvalue weighted by atomic mass is 15.2. The summed E-state index contributed by atoms with van der Waals surface area (Å²) in [5, 5.41) is 2.37. The molecule has 0 fully saturated rings. The van der Waals surface area contributed by atoms with E-state index in [0.29, 0.717) is 0 Å². The Morgan fingerprint density at radius 2 is 0.737 bits per heavy atom. The molecule has 10 rings (SSSR count). The van der Waals surface area contributed by atoms with Crippen LogP contribution in [0, 0.1) is 0 Å². The Labute approximate surface area is 333 Å². The molecule has 270 valence electrons. The molecule has 10 aromatic rings. The van der Waals surface area contributed by atoms with Crippen LogP contribution in [0.1, 0.15) is 0 Å². The van der Waals surface area contributed by atoms with Crippen LogP contribution in [0.2, 0.25) is 0 Å². The number of hydrogen-bond donors (Lipinski definition) is 0. The van der Waals surface area contributed by atoms with Crippen LogP contribution in [0.15, 0.2) is 237 Å². The van der Waals surface area contributed by atoms with Crippen LogP contribution in [-0.4, -0.2) is 4.57 Å². The standard InChI is InChI=1S/C54H39N3/c1-6-20-40(21-7-1)42-24-18-32-47(36-42)55(44-26-10-3-11-27-44)49-38-52(56(45-28-12-4-13-29-45)46-30-14-5-15-31-46)54-50-34-16-17-35-51(50)57(53(54)39-49)48-33-19-25-43(37-48)41-22-8-2-9-23-41/h1-39H. The lowest BCUT2D eigenvalue weighted by atomic mass is 10.0. The SMILES string of the molecule is c1ccc(-c2cccc(N(c3ccccc3)c3cc(N(c4ccccc4)c4ccccc4)c4c5ccccc5n(-c5cccc(-c6ccccc6)c5)c4c3)c2)cc1. The summed E-state index contributed by atoms with van der Waals surface area (Å²) in [6.45, 7) is 0. The molecular weight excluding hydrogens is 691 g/mol. The average molecular weight is 730 g/mol. The molecule has 0 aliphatic heterocycles. The molecule has 0 aliphatic rings. The predicted octanol–water partition coefficient (Wildman–Crippen LogP) is 15.1. The first kappa shape index (κ1) is 33.9. The second-order valence-electron chi connectivity index (χ2n) is 14.2. The fourth-order valence-corrected chi connectivity index (χ4v) is 8.16. The quantitative estimate of drug-likeness (QED) is 0.147. The summed E-state index contributed by atoms with van der Waals surface area (Å²) >= 11 is 0. The molecule has 0 unspecified atom stereocenters. The van der Waals surface area contributed by atoms with Gasteiger partial charge in [0.2, 0.25) is 0 Å². The third-order valence-electron chi connectivity index (χ3n) is 10.7. The van der Waals surface area contributed by atoms with Crippen molar-refractivity contribution in [2.24, 2.45) is 0 Å². The minimum Gasteiger partial charge on any atom is -0.310 e. The van der Waals surface area contributed by atoms with E-state index in [0.717, 1.165) is 56.4 Å². The molecule has 0 atom stereocenters. The van der Waals surface area contributed by atoms with Crippen molar-refractivity contribution in [1.29, 1.82) is 0 Å². The molecular formula is C54H39N3. The van der Waals surface area contributed by atoms with Crippen molar-refractivity contribution in [1.82, 2.24) is 4.57 Å². The fourth-order valence-electron chi connectivity index (χ4n) is 8.16. The minimum atomic E-state index is 1.05. The van der Waals surface area contributed by atoms with Crippen LogP contribution in [-0.2, 0) is 0 Å². The molecule has 57 heavy (non-hydrogen) atoms. The Balaban J connectivity index is 1.31. The second-order valence-corrected chi connectivity index (χ2v) is 14.2. The third-order valence-corrected chi connectivity index (χ3v) is 10.7. The molecule has 0 amide bonds. The van der Waals surface area contributed by atoms with E-state index in [4.69, 9.17) is 0 Å². The lowest BCUT2D eigenvalue weighted by molar-refractivity contribution is 1.17. The summed E-state index contributed by atoms with van der Waals surface area (Å²) < 4.78 is 2.45. The zero-order valence-electron chi connectivity index (χ0n) is 31.4. The summed E-state index contributed by atoms with van der Waals surface area (Å²) in [6, 6.07) is 84.8. The number of aromatic nitrogens is 1. The first-order valence-corrected chi connectivity index (χ1v) is 19.4. The number of anilines is 6. The molecule has 3 heteroatoms.